The van der Waals surface area contributed by atoms with E-state index in [1.807, 2.05) is 18.2 Å². The van der Waals surface area contributed by atoms with Crippen LogP contribution in [0.25, 0.3) is 10.8 Å². The highest BCUT2D eigenvalue weighted by molar-refractivity contribution is 5.96. The number of carbonyl (C=O) groups is 1. The average Bonchev–Trinajstić information content (AvgIpc) is 2.27. The van der Waals surface area contributed by atoms with E-state index in [-0.39, 0.29) is 22.8 Å². The fourth-order valence-electron chi connectivity index (χ4n) is 2.19. The van der Waals surface area contributed by atoms with Gasteiger partial charge in [0.1, 0.15) is 6.54 Å². The van der Waals surface area contributed by atoms with Crippen molar-refractivity contribution in [1.29, 1.82) is 0 Å². The summed E-state index contributed by atoms with van der Waals surface area (Å²) in [5.41, 5.74) is 0.861. The van der Waals surface area contributed by atoms with Crippen molar-refractivity contribution in [2.75, 3.05) is 0 Å². The Morgan fingerprint density at radius 1 is 1.12 bits per heavy atom. The molecular weight excluding hydrogens is 266 g/mol. The Morgan fingerprint density at radius 3 is 2.69 bits per heavy atom. The van der Waals surface area contributed by atoms with Gasteiger partial charge in [-0.3, -0.25) is 4.79 Å². The maximum Gasteiger partial charge on any atom is 0.249 e. The molecule has 0 radical (unpaired) electrons. The topological polar surface area (TPSA) is 20.9 Å². The number of ketones is 1. The predicted octanol–water partition coefficient (Wildman–Crippen LogP) is -0.892. The van der Waals surface area contributed by atoms with Crippen molar-refractivity contribution in [1.82, 2.24) is 0 Å². The van der Waals surface area contributed by atoms with Gasteiger partial charge in [-0.25, -0.2) is 0 Å². The third-order valence-corrected chi connectivity index (χ3v) is 2.98. The maximum absolute atomic E-state index is 11.7. The van der Waals surface area contributed by atoms with Crippen molar-refractivity contribution >= 4 is 16.6 Å². The summed E-state index contributed by atoms with van der Waals surface area (Å²) in [4.78, 5) is 11.7. The van der Waals surface area contributed by atoms with E-state index in [4.69, 9.17) is 0 Å². The number of rotatable bonds is 0. The van der Waals surface area contributed by atoms with Crippen LogP contribution in [0.15, 0.2) is 36.5 Å². The second-order valence-corrected chi connectivity index (χ2v) is 4.01. The van der Waals surface area contributed by atoms with Gasteiger partial charge < -0.3 is 17.0 Å². The molecule has 0 saturated heterocycles. The first-order chi connectivity index (χ1) is 7.34. The molecular formula is C13H12BrNO. The first-order valence-electron chi connectivity index (χ1n) is 5.30. The average molecular weight is 278 g/mol. The van der Waals surface area contributed by atoms with Crippen LogP contribution in [0.2, 0.25) is 0 Å². The van der Waals surface area contributed by atoms with Gasteiger partial charge in [0.2, 0.25) is 11.5 Å². The minimum absolute atomic E-state index is 0. The molecule has 1 aromatic carbocycles. The maximum atomic E-state index is 11.7. The van der Waals surface area contributed by atoms with Gasteiger partial charge in [-0.2, -0.15) is 4.57 Å². The van der Waals surface area contributed by atoms with Gasteiger partial charge >= 0.3 is 0 Å². The highest BCUT2D eigenvalue weighted by Crippen LogP contribution is 2.16. The van der Waals surface area contributed by atoms with Crippen LogP contribution in [-0.4, -0.2) is 5.78 Å². The minimum atomic E-state index is 0. The summed E-state index contributed by atoms with van der Waals surface area (Å²) in [7, 11) is 0. The summed E-state index contributed by atoms with van der Waals surface area (Å²) >= 11 is 0. The summed E-state index contributed by atoms with van der Waals surface area (Å²) in [6.07, 6.45) is 3.74. The first kappa shape index (κ1) is 11.3. The van der Waals surface area contributed by atoms with Gasteiger partial charge in [0, 0.05) is 24.3 Å². The van der Waals surface area contributed by atoms with Crippen LogP contribution in [-0.2, 0) is 6.54 Å². The molecule has 1 aromatic heterocycles. The van der Waals surface area contributed by atoms with Gasteiger partial charge in [-0.15, -0.1) is 0 Å². The molecule has 16 heavy (non-hydrogen) atoms. The molecule has 3 heteroatoms. The third kappa shape index (κ3) is 1.76. The fraction of sp³-hybridized carbons (Fsp3) is 0.231. The second-order valence-electron chi connectivity index (χ2n) is 4.01. The molecule has 3 rings (SSSR count). The van der Waals surface area contributed by atoms with Crippen molar-refractivity contribution < 1.29 is 26.3 Å². The van der Waals surface area contributed by atoms with E-state index in [0.29, 0.717) is 6.42 Å². The van der Waals surface area contributed by atoms with Crippen LogP contribution in [0.5, 0.6) is 0 Å². The quantitative estimate of drug-likeness (QED) is 0.573. The molecule has 0 spiro atoms. The predicted molar refractivity (Wildman–Crippen MR) is 57.7 cm³/mol. The number of nitrogens with zero attached hydrogens (tertiary/aromatic N) is 1. The molecule has 0 amide bonds. The Bertz CT molecular complexity index is 551. The van der Waals surface area contributed by atoms with E-state index in [2.05, 4.69) is 22.9 Å². The molecule has 1 aliphatic rings. The number of hydrogen-bond acceptors (Lipinski definition) is 1. The lowest BCUT2D eigenvalue weighted by atomic mass is 10.0. The third-order valence-electron chi connectivity index (χ3n) is 2.98. The molecule has 82 valence electrons. The highest BCUT2D eigenvalue weighted by atomic mass is 79.9. The first-order valence-corrected chi connectivity index (χ1v) is 5.30. The van der Waals surface area contributed by atoms with Crippen LogP contribution < -0.4 is 21.5 Å². The Morgan fingerprint density at radius 2 is 1.88 bits per heavy atom. The number of benzene rings is 1. The largest absolute Gasteiger partial charge is 1.00 e. The van der Waals surface area contributed by atoms with Crippen LogP contribution in [0.1, 0.15) is 23.3 Å². The number of aromatic nitrogens is 1. The molecule has 2 aromatic rings. The summed E-state index contributed by atoms with van der Waals surface area (Å²) in [6.45, 7) is 0.964. The van der Waals surface area contributed by atoms with Crippen molar-refractivity contribution in [2.45, 2.75) is 19.4 Å². The highest BCUT2D eigenvalue weighted by Gasteiger charge is 2.24. The number of pyridine rings is 1. The lowest BCUT2D eigenvalue weighted by Crippen LogP contribution is -3.00. The van der Waals surface area contributed by atoms with Crippen LogP contribution in [0, 0.1) is 0 Å². The van der Waals surface area contributed by atoms with Crippen LogP contribution in [0.3, 0.4) is 0 Å². The number of hydrogen-bond donors (Lipinski definition) is 0. The number of aryl methyl sites for hydroxylation is 1. The summed E-state index contributed by atoms with van der Waals surface area (Å²) in [6, 6.07) is 10.2. The Balaban J connectivity index is 0.000000963. The molecule has 0 unspecified atom stereocenters. The zero-order valence-corrected chi connectivity index (χ0v) is 10.4. The molecule has 0 aliphatic carbocycles. The smallest absolute Gasteiger partial charge is 0.249 e. The summed E-state index contributed by atoms with van der Waals surface area (Å²) in [5.74, 6) is 0.270. The van der Waals surface area contributed by atoms with Crippen molar-refractivity contribution in [3.63, 3.8) is 0 Å². The number of carbonyl (C=O) groups excluding carboxylic acids is 1. The van der Waals surface area contributed by atoms with E-state index < -0.39 is 0 Å². The van der Waals surface area contributed by atoms with E-state index in [0.717, 1.165) is 24.0 Å². The molecule has 0 N–H and O–H groups in total. The minimum Gasteiger partial charge on any atom is -1.00 e. The SMILES string of the molecule is O=C1CCC[n+]2cc3ccccc3cc21.[Br-]. The summed E-state index contributed by atoms with van der Waals surface area (Å²) in [5, 5.41) is 2.36. The van der Waals surface area contributed by atoms with Crippen molar-refractivity contribution in [3.8, 4) is 0 Å². The van der Waals surface area contributed by atoms with E-state index in [9.17, 15) is 4.79 Å². The van der Waals surface area contributed by atoms with Gasteiger partial charge in [-0.05, 0) is 11.5 Å². The normalized spacial score (nSPS) is 14.4. The zero-order valence-electron chi connectivity index (χ0n) is 8.82. The van der Waals surface area contributed by atoms with Crippen LogP contribution >= 0.6 is 0 Å². The van der Waals surface area contributed by atoms with Gasteiger partial charge in [0.05, 0.1) is 0 Å². The lowest BCUT2D eigenvalue weighted by molar-refractivity contribution is -0.700. The van der Waals surface area contributed by atoms with Gasteiger partial charge in [-0.1, -0.05) is 18.2 Å². The fourth-order valence-corrected chi connectivity index (χ4v) is 2.19. The van der Waals surface area contributed by atoms with Crippen molar-refractivity contribution in [2.24, 2.45) is 0 Å². The van der Waals surface area contributed by atoms with Gasteiger partial charge in [0.15, 0.2) is 6.20 Å². The molecule has 0 bridgehead atoms. The monoisotopic (exact) mass is 277 g/mol. The van der Waals surface area contributed by atoms with E-state index in [1.54, 1.807) is 0 Å². The molecule has 2 nitrogen and oxygen atoms in total. The standard InChI is InChI=1S/C13H12NO.BrH/c15-13-6-3-7-14-9-11-5-2-1-4-10(11)8-12(13)14;/h1-2,4-5,8-9H,3,6-7H2;1H/q+1;/p-1. The zero-order chi connectivity index (χ0) is 10.3. The van der Waals surface area contributed by atoms with E-state index >= 15 is 0 Å². The lowest BCUT2D eigenvalue weighted by Gasteiger charge is -2.09. The van der Waals surface area contributed by atoms with Gasteiger partial charge in [0.25, 0.3) is 0 Å². The van der Waals surface area contributed by atoms with Crippen LogP contribution in [0.4, 0.5) is 0 Å². The van der Waals surface area contributed by atoms with Crippen molar-refractivity contribution in [3.05, 3.63) is 42.2 Å². The molecule has 0 saturated carbocycles. The number of fused-ring (bicyclic) bond motifs is 2. The second kappa shape index (κ2) is 4.34. The molecule has 1 aliphatic heterocycles. The Labute approximate surface area is 105 Å². The Kier molecular flexibility index (Phi) is 3.06. The van der Waals surface area contributed by atoms with E-state index in [1.165, 1.54) is 5.39 Å². The number of halogens is 1. The summed E-state index contributed by atoms with van der Waals surface area (Å²) < 4.78 is 2.08. The Hall–Kier alpha value is -1.22. The number of Topliss-reactive ketones (excluding diaryl/α,β-unsaturated/α-hetero) is 1. The molecule has 2 heterocycles. The molecule has 0 atom stereocenters. The molecule has 0 fully saturated rings.